The van der Waals surface area contributed by atoms with Crippen LogP contribution in [0.25, 0.3) is 0 Å². The fourth-order valence-electron chi connectivity index (χ4n) is 1.65. The van der Waals surface area contributed by atoms with Gasteiger partial charge in [0.05, 0.1) is 11.1 Å². The number of imide groups is 1. The summed E-state index contributed by atoms with van der Waals surface area (Å²) in [6.07, 6.45) is -4.73. The summed E-state index contributed by atoms with van der Waals surface area (Å²) in [5, 5.41) is 4.34. The maximum absolute atomic E-state index is 12.8. The number of hydrogen-bond donors (Lipinski definition) is 2. The van der Waals surface area contributed by atoms with E-state index in [9.17, 15) is 27.6 Å². The molecule has 0 spiro atoms. The van der Waals surface area contributed by atoms with Gasteiger partial charge in [-0.05, 0) is 32.9 Å². The minimum Gasteiger partial charge on any atom is -0.452 e. The summed E-state index contributed by atoms with van der Waals surface area (Å²) in [5.41, 5.74) is -2.47. The quantitative estimate of drug-likeness (QED) is 0.824. The highest BCUT2D eigenvalue weighted by molar-refractivity contribution is 5.97. The Balaban J connectivity index is 2.65. The van der Waals surface area contributed by atoms with Crippen molar-refractivity contribution >= 4 is 17.9 Å². The molecule has 9 heteroatoms. The van der Waals surface area contributed by atoms with Crippen LogP contribution < -0.4 is 10.6 Å². The molecule has 0 saturated carbocycles. The van der Waals surface area contributed by atoms with E-state index in [1.165, 1.54) is 6.07 Å². The Morgan fingerprint density at radius 1 is 1.08 bits per heavy atom. The molecule has 24 heavy (non-hydrogen) atoms. The molecule has 1 aromatic rings. The number of carbonyl (C=O) groups excluding carboxylic acids is 3. The molecule has 0 heterocycles. The van der Waals surface area contributed by atoms with Crippen molar-refractivity contribution in [3.8, 4) is 0 Å². The van der Waals surface area contributed by atoms with Crippen LogP contribution >= 0.6 is 0 Å². The maximum Gasteiger partial charge on any atom is 0.417 e. The molecule has 1 rings (SSSR count). The molecule has 6 nitrogen and oxygen atoms in total. The van der Waals surface area contributed by atoms with Crippen LogP contribution in [0.1, 0.15) is 36.7 Å². The average Bonchev–Trinajstić information content (AvgIpc) is 2.41. The van der Waals surface area contributed by atoms with Gasteiger partial charge in [0.25, 0.3) is 5.91 Å². The van der Waals surface area contributed by atoms with Crippen molar-refractivity contribution in [1.29, 1.82) is 0 Å². The molecule has 0 bridgehead atoms. The lowest BCUT2D eigenvalue weighted by atomic mass is 10.1. The van der Waals surface area contributed by atoms with E-state index in [2.05, 4.69) is 10.1 Å². The fourth-order valence-corrected chi connectivity index (χ4v) is 1.65. The number of esters is 1. The lowest BCUT2D eigenvalue weighted by Crippen LogP contribution is -2.49. The van der Waals surface area contributed by atoms with Gasteiger partial charge in [-0.25, -0.2) is 9.59 Å². The zero-order chi connectivity index (χ0) is 18.5. The number of rotatable bonds is 3. The Morgan fingerprint density at radius 3 is 2.21 bits per heavy atom. The first kappa shape index (κ1) is 19.5. The van der Waals surface area contributed by atoms with Crippen LogP contribution in [0, 0.1) is 0 Å². The molecule has 132 valence electrons. The van der Waals surface area contributed by atoms with Crippen molar-refractivity contribution in [2.45, 2.75) is 32.5 Å². The highest BCUT2D eigenvalue weighted by atomic mass is 19.4. The van der Waals surface area contributed by atoms with Crippen molar-refractivity contribution in [3.05, 3.63) is 35.4 Å². The first-order valence-electron chi connectivity index (χ1n) is 6.85. The third-order valence-electron chi connectivity index (χ3n) is 2.53. The number of alkyl halides is 3. The van der Waals surface area contributed by atoms with Gasteiger partial charge in [0.2, 0.25) is 0 Å². The number of urea groups is 1. The molecule has 0 radical (unpaired) electrons. The van der Waals surface area contributed by atoms with Gasteiger partial charge in [0.15, 0.2) is 6.61 Å². The minimum atomic E-state index is -4.73. The molecular formula is C15H17F3N2O4. The van der Waals surface area contributed by atoms with E-state index in [0.29, 0.717) is 0 Å². The van der Waals surface area contributed by atoms with Crippen molar-refractivity contribution in [3.63, 3.8) is 0 Å². The van der Waals surface area contributed by atoms with E-state index >= 15 is 0 Å². The number of ether oxygens (including phenoxy) is 1. The Bertz CT molecular complexity index is 636. The van der Waals surface area contributed by atoms with Crippen molar-refractivity contribution in [2.24, 2.45) is 0 Å². The largest absolute Gasteiger partial charge is 0.452 e. The molecule has 0 saturated heterocycles. The predicted molar refractivity (Wildman–Crippen MR) is 78.2 cm³/mol. The smallest absolute Gasteiger partial charge is 0.417 e. The highest BCUT2D eigenvalue weighted by Gasteiger charge is 2.35. The summed E-state index contributed by atoms with van der Waals surface area (Å²) in [5.74, 6) is -2.27. The molecule has 0 fully saturated rings. The van der Waals surface area contributed by atoms with Gasteiger partial charge < -0.3 is 10.1 Å². The Kier molecular flexibility index (Phi) is 5.94. The summed E-state index contributed by atoms with van der Waals surface area (Å²) in [6, 6.07) is 3.23. The van der Waals surface area contributed by atoms with E-state index < -0.39 is 47.4 Å². The standard InChI is InChI=1S/C15H17F3N2O4/c1-14(2,3)20-13(23)19-11(21)8-24-12(22)9-6-4-5-7-10(9)15(16,17)18/h4-7H,8H2,1-3H3,(H2,19,20,21,23). The average molecular weight is 346 g/mol. The van der Waals surface area contributed by atoms with Gasteiger partial charge >= 0.3 is 18.2 Å². The third-order valence-corrected chi connectivity index (χ3v) is 2.53. The first-order valence-corrected chi connectivity index (χ1v) is 6.85. The summed E-state index contributed by atoms with van der Waals surface area (Å²) in [4.78, 5) is 34.7. The van der Waals surface area contributed by atoms with E-state index in [1.54, 1.807) is 20.8 Å². The molecule has 0 atom stereocenters. The second-order valence-electron chi connectivity index (χ2n) is 5.87. The molecule has 3 amide bonds. The number of carbonyl (C=O) groups is 3. The van der Waals surface area contributed by atoms with Crippen LogP contribution in [0.3, 0.4) is 0 Å². The van der Waals surface area contributed by atoms with Crippen LogP contribution in [-0.4, -0.2) is 30.1 Å². The summed E-state index contributed by atoms with van der Waals surface area (Å²) in [6.45, 7) is 4.17. The van der Waals surface area contributed by atoms with Crippen LogP contribution in [0.4, 0.5) is 18.0 Å². The number of halogens is 3. The lowest BCUT2D eigenvalue weighted by Gasteiger charge is -2.20. The van der Waals surface area contributed by atoms with Gasteiger partial charge in [-0.2, -0.15) is 13.2 Å². The van der Waals surface area contributed by atoms with Crippen LogP contribution in [-0.2, 0) is 15.7 Å². The zero-order valence-corrected chi connectivity index (χ0v) is 13.3. The fraction of sp³-hybridized carbons (Fsp3) is 0.400. The third kappa shape index (κ3) is 6.27. The topological polar surface area (TPSA) is 84.5 Å². The van der Waals surface area contributed by atoms with Crippen LogP contribution in [0.5, 0.6) is 0 Å². The number of amides is 3. The van der Waals surface area contributed by atoms with Gasteiger partial charge in [-0.1, -0.05) is 12.1 Å². The number of benzene rings is 1. The normalized spacial score (nSPS) is 11.6. The molecule has 0 aliphatic rings. The maximum atomic E-state index is 12.8. The second kappa shape index (κ2) is 7.33. The molecule has 0 aliphatic heterocycles. The SMILES string of the molecule is CC(C)(C)NC(=O)NC(=O)COC(=O)c1ccccc1C(F)(F)F. The Hall–Kier alpha value is -2.58. The molecular weight excluding hydrogens is 329 g/mol. The lowest BCUT2D eigenvalue weighted by molar-refractivity contribution is -0.138. The second-order valence-corrected chi connectivity index (χ2v) is 5.87. The molecule has 2 N–H and O–H groups in total. The number of hydrogen-bond acceptors (Lipinski definition) is 4. The first-order chi connectivity index (χ1) is 10.9. The van der Waals surface area contributed by atoms with Gasteiger partial charge in [-0.3, -0.25) is 10.1 Å². The van der Waals surface area contributed by atoms with Crippen LogP contribution in [0.15, 0.2) is 24.3 Å². The van der Waals surface area contributed by atoms with Gasteiger partial charge in [-0.15, -0.1) is 0 Å². The van der Waals surface area contributed by atoms with E-state index in [1.807, 2.05) is 5.32 Å². The van der Waals surface area contributed by atoms with Crippen LogP contribution in [0.2, 0.25) is 0 Å². The van der Waals surface area contributed by atoms with Gasteiger partial charge in [0.1, 0.15) is 0 Å². The van der Waals surface area contributed by atoms with E-state index in [4.69, 9.17) is 0 Å². The van der Waals surface area contributed by atoms with Crippen molar-refractivity contribution in [1.82, 2.24) is 10.6 Å². The monoisotopic (exact) mass is 346 g/mol. The van der Waals surface area contributed by atoms with Crippen molar-refractivity contribution < 1.29 is 32.3 Å². The molecule has 0 aliphatic carbocycles. The predicted octanol–water partition coefficient (Wildman–Crippen LogP) is 2.49. The Morgan fingerprint density at radius 2 is 1.67 bits per heavy atom. The minimum absolute atomic E-state index is 0.591. The van der Waals surface area contributed by atoms with E-state index in [0.717, 1.165) is 18.2 Å². The van der Waals surface area contributed by atoms with E-state index in [-0.39, 0.29) is 0 Å². The van der Waals surface area contributed by atoms with Crippen molar-refractivity contribution in [2.75, 3.05) is 6.61 Å². The molecule has 0 aromatic heterocycles. The summed E-state index contributed by atoms with van der Waals surface area (Å²) in [7, 11) is 0. The number of nitrogens with one attached hydrogen (secondary N) is 2. The zero-order valence-electron chi connectivity index (χ0n) is 13.3. The Labute approximate surface area is 136 Å². The van der Waals surface area contributed by atoms with Gasteiger partial charge in [0, 0.05) is 5.54 Å². The summed E-state index contributed by atoms with van der Waals surface area (Å²) < 4.78 is 42.9. The molecule has 0 unspecified atom stereocenters. The molecule has 1 aromatic carbocycles. The summed E-state index contributed by atoms with van der Waals surface area (Å²) >= 11 is 0. The highest BCUT2D eigenvalue weighted by Crippen LogP contribution is 2.32.